The Labute approximate surface area is 137 Å². The van der Waals surface area contributed by atoms with Crippen LogP contribution in [0.4, 0.5) is 5.69 Å². The Morgan fingerprint density at radius 2 is 1.86 bits per heavy atom. The third-order valence-corrected chi connectivity index (χ3v) is 4.11. The van der Waals surface area contributed by atoms with E-state index < -0.39 is 0 Å². The molecule has 0 atom stereocenters. The maximum atomic E-state index is 12.6. The molecule has 2 aromatic carbocycles. The SMILES string of the molecule is Cc1cc(C(=O)Nc2cccc(Cl)c2Cl)c2ccccc2n1. The van der Waals surface area contributed by atoms with Gasteiger partial charge in [0.25, 0.3) is 5.91 Å². The van der Waals surface area contributed by atoms with Gasteiger partial charge in [0.15, 0.2) is 0 Å². The molecule has 1 N–H and O–H groups in total. The summed E-state index contributed by atoms with van der Waals surface area (Å²) in [6.45, 7) is 1.86. The average molecular weight is 331 g/mol. The van der Waals surface area contributed by atoms with E-state index in [1.807, 2.05) is 31.2 Å². The van der Waals surface area contributed by atoms with E-state index in [1.54, 1.807) is 24.3 Å². The van der Waals surface area contributed by atoms with E-state index in [0.717, 1.165) is 16.6 Å². The first-order valence-electron chi connectivity index (χ1n) is 6.68. The summed E-state index contributed by atoms with van der Waals surface area (Å²) in [5, 5.41) is 4.32. The van der Waals surface area contributed by atoms with Crippen LogP contribution in [0.15, 0.2) is 48.5 Å². The fourth-order valence-corrected chi connectivity index (χ4v) is 2.63. The maximum absolute atomic E-state index is 12.6. The summed E-state index contributed by atoms with van der Waals surface area (Å²) in [6, 6.07) is 14.4. The van der Waals surface area contributed by atoms with Gasteiger partial charge in [0, 0.05) is 11.1 Å². The number of pyridine rings is 1. The quantitative estimate of drug-likeness (QED) is 0.710. The second-order valence-corrected chi connectivity index (χ2v) is 5.67. The Kier molecular flexibility index (Phi) is 4.01. The molecule has 1 heterocycles. The number of anilines is 1. The number of amides is 1. The van der Waals surface area contributed by atoms with E-state index in [1.165, 1.54) is 0 Å². The van der Waals surface area contributed by atoms with E-state index >= 15 is 0 Å². The van der Waals surface area contributed by atoms with Crippen molar-refractivity contribution >= 4 is 45.7 Å². The molecule has 0 saturated heterocycles. The molecule has 22 heavy (non-hydrogen) atoms. The van der Waals surface area contributed by atoms with Crippen LogP contribution in [0.2, 0.25) is 10.0 Å². The maximum Gasteiger partial charge on any atom is 0.256 e. The van der Waals surface area contributed by atoms with Crippen molar-refractivity contribution in [3.8, 4) is 0 Å². The zero-order valence-corrected chi connectivity index (χ0v) is 13.2. The molecular weight excluding hydrogens is 319 g/mol. The van der Waals surface area contributed by atoms with Crippen LogP contribution in [0.3, 0.4) is 0 Å². The molecule has 3 rings (SSSR count). The summed E-state index contributed by atoms with van der Waals surface area (Å²) < 4.78 is 0. The molecule has 5 heteroatoms. The second-order valence-electron chi connectivity index (χ2n) is 4.88. The van der Waals surface area contributed by atoms with Gasteiger partial charge in [0.05, 0.1) is 26.8 Å². The first-order chi connectivity index (χ1) is 10.6. The Morgan fingerprint density at radius 1 is 1.09 bits per heavy atom. The third kappa shape index (κ3) is 2.78. The van der Waals surface area contributed by atoms with E-state index in [0.29, 0.717) is 21.3 Å². The fourth-order valence-electron chi connectivity index (χ4n) is 2.29. The Balaban J connectivity index is 2.04. The summed E-state index contributed by atoms with van der Waals surface area (Å²) in [6.07, 6.45) is 0. The molecule has 0 radical (unpaired) electrons. The van der Waals surface area contributed by atoms with Gasteiger partial charge in [-0.15, -0.1) is 0 Å². The number of nitrogens with zero attached hydrogens (tertiary/aromatic N) is 1. The summed E-state index contributed by atoms with van der Waals surface area (Å²) in [5.41, 5.74) is 2.60. The molecule has 0 saturated carbocycles. The van der Waals surface area contributed by atoms with Crippen molar-refractivity contribution in [2.24, 2.45) is 0 Å². The number of carbonyl (C=O) groups excluding carboxylic acids is 1. The van der Waals surface area contributed by atoms with Crippen LogP contribution in [0, 0.1) is 6.92 Å². The minimum atomic E-state index is -0.245. The van der Waals surface area contributed by atoms with Crippen LogP contribution < -0.4 is 5.32 Å². The van der Waals surface area contributed by atoms with Crippen LogP contribution in [-0.4, -0.2) is 10.9 Å². The van der Waals surface area contributed by atoms with E-state index in [4.69, 9.17) is 23.2 Å². The predicted octanol–water partition coefficient (Wildman–Crippen LogP) is 5.10. The standard InChI is InChI=1S/C17H12Cl2N2O/c1-10-9-12(11-5-2-3-7-14(11)20-10)17(22)21-15-8-4-6-13(18)16(15)19/h2-9H,1H3,(H,21,22). The first-order valence-corrected chi connectivity index (χ1v) is 7.43. The van der Waals surface area contributed by atoms with Crippen molar-refractivity contribution in [3.05, 3.63) is 69.8 Å². The minimum absolute atomic E-state index is 0.245. The van der Waals surface area contributed by atoms with Gasteiger partial charge in [-0.25, -0.2) is 0 Å². The molecule has 0 aliphatic rings. The molecule has 1 amide bonds. The first kappa shape index (κ1) is 14.8. The number of para-hydroxylation sites is 1. The number of hydrogen-bond acceptors (Lipinski definition) is 2. The second kappa shape index (κ2) is 5.95. The van der Waals surface area contributed by atoms with Crippen LogP contribution in [0.5, 0.6) is 0 Å². The zero-order valence-electron chi connectivity index (χ0n) is 11.7. The molecule has 0 fully saturated rings. The van der Waals surface area contributed by atoms with Crippen molar-refractivity contribution in [2.45, 2.75) is 6.92 Å². The average Bonchev–Trinajstić information content (AvgIpc) is 2.51. The summed E-state index contributed by atoms with van der Waals surface area (Å²) in [4.78, 5) is 17.0. The number of carbonyl (C=O) groups is 1. The van der Waals surface area contributed by atoms with Gasteiger partial charge in [0.2, 0.25) is 0 Å². The number of hydrogen-bond donors (Lipinski definition) is 1. The molecule has 0 bridgehead atoms. The van der Waals surface area contributed by atoms with Crippen LogP contribution in [-0.2, 0) is 0 Å². The summed E-state index contributed by atoms with van der Waals surface area (Å²) >= 11 is 12.1. The molecule has 3 nitrogen and oxygen atoms in total. The highest BCUT2D eigenvalue weighted by Gasteiger charge is 2.14. The van der Waals surface area contributed by atoms with Gasteiger partial charge >= 0.3 is 0 Å². The van der Waals surface area contributed by atoms with Gasteiger partial charge in [-0.3, -0.25) is 9.78 Å². The summed E-state index contributed by atoms with van der Waals surface area (Å²) in [7, 11) is 0. The lowest BCUT2D eigenvalue weighted by Crippen LogP contribution is -2.13. The minimum Gasteiger partial charge on any atom is -0.321 e. The Morgan fingerprint density at radius 3 is 2.68 bits per heavy atom. The summed E-state index contributed by atoms with van der Waals surface area (Å²) in [5.74, 6) is -0.245. The Bertz CT molecular complexity index is 878. The number of nitrogens with one attached hydrogen (secondary N) is 1. The molecule has 0 aliphatic carbocycles. The highest BCUT2D eigenvalue weighted by Crippen LogP contribution is 2.30. The molecule has 110 valence electrons. The number of fused-ring (bicyclic) bond motifs is 1. The molecule has 0 aliphatic heterocycles. The number of aromatic nitrogens is 1. The van der Waals surface area contributed by atoms with Crippen molar-refractivity contribution in [3.63, 3.8) is 0 Å². The van der Waals surface area contributed by atoms with E-state index in [2.05, 4.69) is 10.3 Å². The third-order valence-electron chi connectivity index (χ3n) is 3.29. The molecular formula is C17H12Cl2N2O. The number of rotatable bonds is 2. The Hall–Kier alpha value is -2.10. The molecule has 3 aromatic rings. The van der Waals surface area contributed by atoms with Gasteiger partial charge in [0.1, 0.15) is 0 Å². The normalized spacial score (nSPS) is 10.7. The number of aryl methyl sites for hydroxylation is 1. The fraction of sp³-hybridized carbons (Fsp3) is 0.0588. The van der Waals surface area contributed by atoms with Crippen LogP contribution in [0.25, 0.3) is 10.9 Å². The highest BCUT2D eigenvalue weighted by molar-refractivity contribution is 6.44. The molecule has 1 aromatic heterocycles. The van der Waals surface area contributed by atoms with Crippen molar-refractivity contribution in [1.82, 2.24) is 4.98 Å². The van der Waals surface area contributed by atoms with Crippen LogP contribution in [0.1, 0.15) is 16.1 Å². The monoisotopic (exact) mass is 330 g/mol. The van der Waals surface area contributed by atoms with Crippen molar-refractivity contribution in [2.75, 3.05) is 5.32 Å². The van der Waals surface area contributed by atoms with E-state index in [9.17, 15) is 4.79 Å². The lowest BCUT2D eigenvalue weighted by Gasteiger charge is -2.10. The van der Waals surface area contributed by atoms with Gasteiger partial charge in [-0.2, -0.15) is 0 Å². The lowest BCUT2D eigenvalue weighted by atomic mass is 10.1. The highest BCUT2D eigenvalue weighted by atomic mass is 35.5. The van der Waals surface area contributed by atoms with E-state index in [-0.39, 0.29) is 5.91 Å². The van der Waals surface area contributed by atoms with Crippen LogP contribution >= 0.6 is 23.2 Å². The van der Waals surface area contributed by atoms with Gasteiger partial charge in [-0.05, 0) is 31.2 Å². The molecule has 0 unspecified atom stereocenters. The topological polar surface area (TPSA) is 42.0 Å². The van der Waals surface area contributed by atoms with Gasteiger partial charge in [-0.1, -0.05) is 47.5 Å². The molecule has 0 spiro atoms. The zero-order chi connectivity index (χ0) is 15.7. The van der Waals surface area contributed by atoms with Crippen molar-refractivity contribution in [1.29, 1.82) is 0 Å². The van der Waals surface area contributed by atoms with Crippen molar-refractivity contribution < 1.29 is 4.79 Å². The number of benzene rings is 2. The number of halogens is 2. The smallest absolute Gasteiger partial charge is 0.256 e. The largest absolute Gasteiger partial charge is 0.321 e. The lowest BCUT2D eigenvalue weighted by molar-refractivity contribution is 0.102. The van der Waals surface area contributed by atoms with Gasteiger partial charge < -0.3 is 5.32 Å². The predicted molar refractivity (Wildman–Crippen MR) is 90.9 cm³/mol.